The van der Waals surface area contributed by atoms with Crippen molar-refractivity contribution in [3.63, 3.8) is 0 Å². The van der Waals surface area contributed by atoms with E-state index in [4.69, 9.17) is 0 Å². The Morgan fingerprint density at radius 3 is 1.79 bits per heavy atom. The molecule has 5 heteroatoms. The Kier molecular flexibility index (Phi) is 5.70. The number of imide groups is 1. The van der Waals surface area contributed by atoms with Crippen LogP contribution >= 0.6 is 0 Å². The predicted molar refractivity (Wildman–Crippen MR) is 137 cm³/mol. The Morgan fingerprint density at radius 1 is 0.588 bits per heavy atom. The van der Waals surface area contributed by atoms with Gasteiger partial charge in [-0.2, -0.15) is 0 Å². The highest BCUT2D eigenvalue weighted by Gasteiger charge is 2.43. The molecule has 172 valence electrons. The minimum absolute atomic E-state index is 0.242. The first-order valence-corrected chi connectivity index (χ1v) is 11.8. The summed E-state index contributed by atoms with van der Waals surface area (Å²) in [6, 6.07) is 23.9. The van der Waals surface area contributed by atoms with Gasteiger partial charge >= 0.3 is 0 Å². The zero-order valence-corrected chi connectivity index (χ0v) is 19.9. The van der Waals surface area contributed by atoms with Crippen molar-refractivity contribution >= 4 is 28.8 Å². The van der Waals surface area contributed by atoms with E-state index in [1.165, 1.54) is 16.2 Å². The van der Waals surface area contributed by atoms with Crippen LogP contribution in [0.5, 0.6) is 0 Å². The highest BCUT2D eigenvalue weighted by Crippen LogP contribution is 2.35. The van der Waals surface area contributed by atoms with E-state index in [9.17, 15) is 9.59 Å². The molecule has 2 aliphatic heterocycles. The van der Waals surface area contributed by atoms with Crippen LogP contribution in [0.15, 0.2) is 78.5 Å². The summed E-state index contributed by atoms with van der Waals surface area (Å²) < 4.78 is 0. The van der Waals surface area contributed by atoms with Crippen molar-refractivity contribution in [2.45, 2.75) is 20.8 Å². The molecule has 0 N–H and O–H groups in total. The van der Waals surface area contributed by atoms with Crippen LogP contribution in [0.1, 0.15) is 22.3 Å². The van der Waals surface area contributed by atoms with Gasteiger partial charge < -0.3 is 9.80 Å². The van der Waals surface area contributed by atoms with Crippen LogP contribution in [-0.4, -0.2) is 42.9 Å². The number of rotatable bonds is 4. The van der Waals surface area contributed by atoms with Crippen molar-refractivity contribution in [2.24, 2.45) is 0 Å². The molecule has 0 aliphatic carbocycles. The number of hydrogen-bond acceptors (Lipinski definition) is 4. The van der Waals surface area contributed by atoms with E-state index in [0.717, 1.165) is 29.8 Å². The fraction of sp³-hybridized carbons (Fsp3) is 0.241. The topological polar surface area (TPSA) is 43.9 Å². The smallest absolute Gasteiger partial charge is 0.282 e. The second-order valence-corrected chi connectivity index (χ2v) is 9.18. The zero-order chi connectivity index (χ0) is 23.8. The predicted octanol–water partition coefficient (Wildman–Crippen LogP) is 4.72. The first-order chi connectivity index (χ1) is 16.4. The molecule has 2 amide bonds. The van der Waals surface area contributed by atoms with Gasteiger partial charge in [-0.3, -0.25) is 9.59 Å². The number of amides is 2. The largest absolute Gasteiger partial charge is 0.368 e. The second-order valence-electron chi connectivity index (χ2n) is 9.18. The lowest BCUT2D eigenvalue weighted by Crippen LogP contribution is -2.47. The van der Waals surface area contributed by atoms with E-state index >= 15 is 0 Å². The maximum absolute atomic E-state index is 13.7. The van der Waals surface area contributed by atoms with Crippen LogP contribution in [0.2, 0.25) is 0 Å². The SMILES string of the molecule is Cc1ccc(C2=C(N3CCN(c4cccc(C)c4)CC3)C(=O)N(c3ccc(C)cc3)C2=O)cc1. The van der Waals surface area contributed by atoms with Crippen molar-refractivity contribution in [1.82, 2.24) is 4.90 Å². The molecule has 3 aromatic rings. The molecule has 1 saturated heterocycles. The number of anilines is 2. The normalized spacial score (nSPS) is 16.6. The van der Waals surface area contributed by atoms with E-state index < -0.39 is 0 Å². The average molecular weight is 452 g/mol. The third-order valence-corrected chi connectivity index (χ3v) is 6.65. The van der Waals surface area contributed by atoms with E-state index in [1.807, 2.05) is 62.4 Å². The van der Waals surface area contributed by atoms with Crippen molar-refractivity contribution in [3.05, 3.63) is 101 Å². The number of piperazine rings is 1. The van der Waals surface area contributed by atoms with Crippen LogP contribution in [0.25, 0.3) is 5.57 Å². The van der Waals surface area contributed by atoms with Gasteiger partial charge in [-0.25, -0.2) is 4.90 Å². The van der Waals surface area contributed by atoms with Gasteiger partial charge in [-0.15, -0.1) is 0 Å². The molecule has 5 rings (SSSR count). The maximum atomic E-state index is 13.7. The number of carbonyl (C=O) groups excluding carboxylic acids is 2. The van der Waals surface area contributed by atoms with Gasteiger partial charge in [-0.05, 0) is 56.2 Å². The summed E-state index contributed by atoms with van der Waals surface area (Å²) in [5.74, 6) is -0.498. The van der Waals surface area contributed by atoms with E-state index in [2.05, 4.69) is 41.0 Å². The van der Waals surface area contributed by atoms with E-state index in [-0.39, 0.29) is 11.8 Å². The summed E-state index contributed by atoms with van der Waals surface area (Å²) >= 11 is 0. The lowest BCUT2D eigenvalue weighted by molar-refractivity contribution is -0.120. The van der Waals surface area contributed by atoms with Gasteiger partial charge in [0.1, 0.15) is 5.70 Å². The van der Waals surface area contributed by atoms with Crippen LogP contribution in [0.4, 0.5) is 11.4 Å². The van der Waals surface area contributed by atoms with Crippen LogP contribution < -0.4 is 9.80 Å². The van der Waals surface area contributed by atoms with E-state index in [0.29, 0.717) is 30.0 Å². The Hall–Kier alpha value is -3.86. The Balaban J connectivity index is 1.49. The lowest BCUT2D eigenvalue weighted by Gasteiger charge is -2.37. The summed E-state index contributed by atoms with van der Waals surface area (Å²) in [5.41, 5.74) is 7.03. The Bertz CT molecular complexity index is 1270. The molecule has 5 nitrogen and oxygen atoms in total. The molecule has 0 spiro atoms. The first-order valence-electron chi connectivity index (χ1n) is 11.8. The highest BCUT2D eigenvalue weighted by molar-refractivity contribution is 6.45. The molecule has 2 aliphatic rings. The van der Waals surface area contributed by atoms with Crippen LogP contribution in [-0.2, 0) is 9.59 Å². The molecule has 0 saturated carbocycles. The number of hydrogen-bond donors (Lipinski definition) is 0. The molecule has 2 heterocycles. The fourth-order valence-corrected chi connectivity index (χ4v) is 4.73. The number of nitrogens with zero attached hydrogens (tertiary/aromatic N) is 3. The minimum atomic E-state index is -0.256. The summed E-state index contributed by atoms with van der Waals surface area (Å²) in [5, 5.41) is 0. The average Bonchev–Trinajstić information content (AvgIpc) is 3.10. The molecule has 0 aromatic heterocycles. The van der Waals surface area contributed by atoms with Gasteiger partial charge in [-0.1, -0.05) is 59.7 Å². The van der Waals surface area contributed by atoms with Crippen LogP contribution in [0.3, 0.4) is 0 Å². The summed E-state index contributed by atoms with van der Waals surface area (Å²) in [6.07, 6.45) is 0. The number of carbonyl (C=O) groups is 2. The van der Waals surface area contributed by atoms with Gasteiger partial charge in [0, 0.05) is 31.9 Å². The van der Waals surface area contributed by atoms with Gasteiger partial charge in [0.2, 0.25) is 0 Å². The highest BCUT2D eigenvalue weighted by atomic mass is 16.2. The molecule has 34 heavy (non-hydrogen) atoms. The zero-order valence-electron chi connectivity index (χ0n) is 19.9. The first kappa shape index (κ1) is 22.0. The van der Waals surface area contributed by atoms with Crippen molar-refractivity contribution < 1.29 is 9.59 Å². The molecule has 1 fully saturated rings. The number of aryl methyl sites for hydroxylation is 3. The van der Waals surface area contributed by atoms with Crippen molar-refractivity contribution in [3.8, 4) is 0 Å². The summed E-state index contributed by atoms with van der Waals surface area (Å²) in [7, 11) is 0. The third kappa shape index (κ3) is 3.98. The number of benzene rings is 3. The summed E-state index contributed by atoms with van der Waals surface area (Å²) in [4.78, 5) is 33.2. The van der Waals surface area contributed by atoms with Gasteiger partial charge in [0.15, 0.2) is 0 Å². The van der Waals surface area contributed by atoms with E-state index in [1.54, 1.807) is 0 Å². The molecular formula is C29H29N3O2. The molecule has 0 bridgehead atoms. The molecule has 0 unspecified atom stereocenters. The Morgan fingerprint density at radius 2 is 1.18 bits per heavy atom. The molecule has 3 aromatic carbocycles. The lowest BCUT2D eigenvalue weighted by atomic mass is 10.0. The fourth-order valence-electron chi connectivity index (χ4n) is 4.73. The minimum Gasteiger partial charge on any atom is -0.368 e. The standard InChI is InChI=1S/C29H29N3O2/c1-20-7-11-23(12-8-20)26-27(29(34)32(28(26)33)24-13-9-21(2)10-14-24)31-17-15-30(16-18-31)25-6-4-5-22(3)19-25/h4-14,19H,15-18H2,1-3H3. The Labute approximate surface area is 200 Å². The molecule has 0 radical (unpaired) electrons. The van der Waals surface area contributed by atoms with Crippen LogP contribution in [0, 0.1) is 20.8 Å². The van der Waals surface area contributed by atoms with Gasteiger partial charge in [0.05, 0.1) is 11.3 Å². The van der Waals surface area contributed by atoms with Crippen molar-refractivity contribution in [1.29, 1.82) is 0 Å². The van der Waals surface area contributed by atoms with Gasteiger partial charge in [0.25, 0.3) is 11.8 Å². The monoisotopic (exact) mass is 451 g/mol. The molecule has 0 atom stereocenters. The maximum Gasteiger partial charge on any atom is 0.282 e. The van der Waals surface area contributed by atoms with Crippen molar-refractivity contribution in [2.75, 3.05) is 36.0 Å². The molecular weight excluding hydrogens is 422 g/mol. The third-order valence-electron chi connectivity index (χ3n) is 6.65. The second kappa shape index (κ2) is 8.82. The summed E-state index contributed by atoms with van der Waals surface area (Å²) in [6.45, 7) is 9.05. The quantitative estimate of drug-likeness (QED) is 0.539.